The molecule has 0 heterocycles. The van der Waals surface area contributed by atoms with Crippen molar-refractivity contribution in [3.05, 3.63) is 203 Å². The topological polar surface area (TPSA) is 122 Å². The predicted molar refractivity (Wildman–Crippen MR) is 199 cm³/mol. The summed E-state index contributed by atoms with van der Waals surface area (Å²) < 4.78 is 24.1. The van der Waals surface area contributed by atoms with Crippen LogP contribution in [0.15, 0.2) is 170 Å². The van der Waals surface area contributed by atoms with Crippen molar-refractivity contribution >= 4 is 40.4 Å². The Kier molecular flexibility index (Phi) is 10.1. The van der Waals surface area contributed by atoms with E-state index in [-0.39, 0.29) is 49.9 Å². The van der Waals surface area contributed by atoms with Crippen LogP contribution in [-0.2, 0) is 0 Å². The average Bonchev–Trinajstić information content (AvgIpc) is 3.23. The van der Waals surface area contributed by atoms with Gasteiger partial charge in [0.25, 0.3) is 0 Å². The maximum atomic E-state index is 14.7. The number of ketones is 1. The summed E-state index contributed by atoms with van der Waals surface area (Å²) in [6, 6.07) is 44.8. The molecular weight excluding hydrogens is 684 g/mol. The maximum absolute atomic E-state index is 14.7. The first-order valence-electron chi connectivity index (χ1n) is 16.7. The van der Waals surface area contributed by atoms with Crippen molar-refractivity contribution in [3.63, 3.8) is 0 Å². The Hall–Kier alpha value is -7.65. The van der Waals surface area contributed by atoms with Crippen LogP contribution in [0.3, 0.4) is 0 Å². The summed E-state index contributed by atoms with van der Waals surface area (Å²) in [5.41, 5.74) is 0.506. The summed E-state index contributed by atoms with van der Waals surface area (Å²) in [7, 11) is 0. The number of carbonyl (C=O) groups is 5. The van der Waals surface area contributed by atoms with E-state index in [4.69, 9.17) is 18.9 Å². The van der Waals surface area contributed by atoms with E-state index < -0.39 is 46.9 Å². The number of esters is 4. The van der Waals surface area contributed by atoms with Gasteiger partial charge in [-0.2, -0.15) is 0 Å². The van der Waals surface area contributed by atoms with E-state index in [9.17, 15) is 24.0 Å². The molecule has 0 bridgehead atoms. The van der Waals surface area contributed by atoms with Gasteiger partial charge in [-0.05, 0) is 54.6 Å². The van der Waals surface area contributed by atoms with Crippen LogP contribution in [0.4, 0.5) is 0 Å². The summed E-state index contributed by atoms with van der Waals surface area (Å²) in [5.74, 6) is -5.79. The number of carbonyl (C=O) groups excluding carboxylic acids is 5. The van der Waals surface area contributed by atoms with E-state index >= 15 is 0 Å². The Balaban J connectivity index is 1.55. The molecule has 0 amide bonds. The fourth-order valence-electron chi connectivity index (χ4n) is 5.67. The van der Waals surface area contributed by atoms with Crippen molar-refractivity contribution in [2.24, 2.45) is 0 Å². The quantitative estimate of drug-likeness (QED) is 0.0777. The van der Waals surface area contributed by atoms with E-state index in [0.29, 0.717) is 0 Å². The molecule has 54 heavy (non-hydrogen) atoms. The molecule has 0 aliphatic heterocycles. The fourth-order valence-corrected chi connectivity index (χ4v) is 5.67. The van der Waals surface area contributed by atoms with Crippen LogP contribution >= 0.6 is 0 Å². The van der Waals surface area contributed by atoms with Crippen molar-refractivity contribution in [1.29, 1.82) is 0 Å². The van der Waals surface area contributed by atoms with Crippen molar-refractivity contribution in [1.82, 2.24) is 0 Å². The third kappa shape index (κ3) is 7.37. The number of fused-ring (bicyclic) bond motifs is 1. The Bertz CT molecular complexity index is 2500. The zero-order chi connectivity index (χ0) is 37.4. The highest BCUT2D eigenvalue weighted by atomic mass is 16.6. The smallest absolute Gasteiger partial charge is 0.343 e. The molecule has 7 rings (SSSR count). The molecule has 0 saturated carbocycles. The monoisotopic (exact) mass is 712 g/mol. The van der Waals surface area contributed by atoms with Gasteiger partial charge in [0.1, 0.15) is 5.75 Å². The van der Waals surface area contributed by atoms with Gasteiger partial charge in [-0.3, -0.25) is 4.79 Å². The molecule has 0 N–H and O–H groups in total. The summed E-state index contributed by atoms with van der Waals surface area (Å²) in [6.07, 6.45) is 0. The molecule has 0 aromatic heterocycles. The molecule has 0 unspecified atom stereocenters. The van der Waals surface area contributed by atoms with Crippen molar-refractivity contribution in [2.45, 2.75) is 0 Å². The molecular formula is C45H28O9. The summed E-state index contributed by atoms with van der Waals surface area (Å²) in [6.45, 7) is 0. The van der Waals surface area contributed by atoms with Gasteiger partial charge in [0, 0.05) is 10.9 Å². The highest BCUT2D eigenvalue weighted by Crippen LogP contribution is 2.51. The van der Waals surface area contributed by atoms with Gasteiger partial charge in [0.05, 0.1) is 33.2 Å². The molecule has 0 spiro atoms. The molecule has 9 nitrogen and oxygen atoms in total. The molecule has 262 valence electrons. The standard InChI is InChI=1S/C45H28O9/c46-38(29-17-6-1-7-18-29)37-34-27-16-28-35(51-42(47)30-19-8-2-9-20-30)36(34)39(52-43(48)31-21-10-3-11-22-31)41(54-45(50)33-25-14-5-15-26-33)40(37)53-44(49)32-23-12-4-13-24-32/h1-28H. The molecule has 0 aliphatic carbocycles. The summed E-state index contributed by atoms with van der Waals surface area (Å²) in [5, 5.41) is -0.0193. The number of hydrogen-bond donors (Lipinski definition) is 0. The average molecular weight is 713 g/mol. The first kappa shape index (κ1) is 34.8. The van der Waals surface area contributed by atoms with Crippen molar-refractivity contribution < 1.29 is 42.9 Å². The lowest BCUT2D eigenvalue weighted by Gasteiger charge is -2.22. The minimum atomic E-state index is -0.930. The lowest BCUT2D eigenvalue weighted by Crippen LogP contribution is -2.19. The summed E-state index contributed by atoms with van der Waals surface area (Å²) in [4.78, 5) is 69.8. The first-order valence-corrected chi connectivity index (χ1v) is 16.7. The minimum Gasteiger partial charge on any atom is -0.422 e. The van der Waals surface area contributed by atoms with Crippen LogP contribution in [0.2, 0.25) is 0 Å². The van der Waals surface area contributed by atoms with Gasteiger partial charge in [-0.25, -0.2) is 19.2 Å². The van der Waals surface area contributed by atoms with E-state index in [1.165, 1.54) is 54.6 Å². The van der Waals surface area contributed by atoms with E-state index in [2.05, 4.69) is 0 Å². The number of ether oxygens (including phenoxy) is 4. The Labute approximate surface area is 308 Å². The molecule has 0 saturated heterocycles. The SMILES string of the molecule is O=C(Oc1c(OC(=O)c2ccccc2)c(OC(=O)c2ccccc2)c2c(OC(=O)c3ccccc3)cccc2c1C(=O)c1ccccc1)c1ccccc1. The van der Waals surface area contributed by atoms with Gasteiger partial charge in [-0.1, -0.05) is 115 Å². The lowest BCUT2D eigenvalue weighted by molar-refractivity contribution is 0.0657. The second-order valence-corrected chi connectivity index (χ2v) is 11.8. The zero-order valence-electron chi connectivity index (χ0n) is 28.3. The number of benzene rings is 7. The van der Waals surface area contributed by atoms with Gasteiger partial charge in [-0.15, -0.1) is 0 Å². The number of hydrogen-bond acceptors (Lipinski definition) is 9. The van der Waals surface area contributed by atoms with Crippen LogP contribution in [0.1, 0.15) is 57.4 Å². The molecule has 0 fully saturated rings. The van der Waals surface area contributed by atoms with Crippen molar-refractivity contribution in [2.75, 3.05) is 0 Å². The van der Waals surface area contributed by atoms with Crippen LogP contribution in [0.5, 0.6) is 23.0 Å². The molecule has 7 aromatic carbocycles. The van der Waals surface area contributed by atoms with Crippen molar-refractivity contribution in [3.8, 4) is 23.0 Å². The third-order valence-corrected chi connectivity index (χ3v) is 8.25. The van der Waals surface area contributed by atoms with Gasteiger partial charge in [0.15, 0.2) is 17.3 Å². The van der Waals surface area contributed by atoms with Crippen LogP contribution in [0, 0.1) is 0 Å². The second kappa shape index (κ2) is 15.7. The minimum absolute atomic E-state index is 0.0634. The fraction of sp³-hybridized carbons (Fsp3) is 0. The Morgan fingerprint density at radius 3 is 1.09 bits per heavy atom. The van der Waals surface area contributed by atoms with Crippen LogP contribution in [-0.4, -0.2) is 29.7 Å². The highest BCUT2D eigenvalue weighted by Gasteiger charge is 2.34. The molecule has 7 aromatic rings. The molecule has 0 aliphatic rings. The van der Waals surface area contributed by atoms with Gasteiger partial charge in [0.2, 0.25) is 5.75 Å². The zero-order valence-corrected chi connectivity index (χ0v) is 28.3. The normalized spacial score (nSPS) is 10.6. The second-order valence-electron chi connectivity index (χ2n) is 11.8. The number of rotatable bonds is 10. The van der Waals surface area contributed by atoms with E-state index in [0.717, 1.165) is 0 Å². The lowest BCUT2D eigenvalue weighted by atomic mass is 9.94. The van der Waals surface area contributed by atoms with Gasteiger partial charge < -0.3 is 18.9 Å². The predicted octanol–water partition coefficient (Wildman–Crippen LogP) is 8.95. The first-order chi connectivity index (χ1) is 26.4. The van der Waals surface area contributed by atoms with Gasteiger partial charge >= 0.3 is 23.9 Å². The maximum Gasteiger partial charge on any atom is 0.343 e. The largest absolute Gasteiger partial charge is 0.422 e. The molecule has 0 atom stereocenters. The molecule has 9 heteroatoms. The Morgan fingerprint density at radius 2 is 0.667 bits per heavy atom. The summed E-state index contributed by atoms with van der Waals surface area (Å²) >= 11 is 0. The third-order valence-electron chi connectivity index (χ3n) is 8.25. The van der Waals surface area contributed by atoms with E-state index in [1.54, 1.807) is 115 Å². The van der Waals surface area contributed by atoms with Crippen LogP contribution in [0.25, 0.3) is 10.8 Å². The van der Waals surface area contributed by atoms with Crippen LogP contribution < -0.4 is 18.9 Å². The highest BCUT2D eigenvalue weighted by molar-refractivity contribution is 6.22. The Morgan fingerprint density at radius 1 is 0.315 bits per heavy atom. The molecule has 0 radical (unpaired) electrons. The van der Waals surface area contributed by atoms with E-state index in [1.807, 2.05) is 0 Å².